The van der Waals surface area contributed by atoms with Gasteiger partial charge in [-0.25, -0.2) is 13.2 Å². The molecule has 0 saturated heterocycles. The molecule has 1 atom stereocenters. The summed E-state index contributed by atoms with van der Waals surface area (Å²) in [6, 6.07) is 7.75. The maximum atomic E-state index is 12.2. The van der Waals surface area contributed by atoms with E-state index >= 15 is 0 Å². The Labute approximate surface area is 158 Å². The van der Waals surface area contributed by atoms with Crippen molar-refractivity contribution in [3.8, 4) is 0 Å². The van der Waals surface area contributed by atoms with Crippen molar-refractivity contribution in [2.24, 2.45) is 0 Å². The highest BCUT2D eigenvalue weighted by atomic mass is 32.2. The van der Waals surface area contributed by atoms with Crippen molar-refractivity contribution >= 4 is 27.9 Å². The van der Waals surface area contributed by atoms with E-state index in [-0.39, 0.29) is 18.7 Å². The van der Waals surface area contributed by atoms with Gasteiger partial charge in [0.1, 0.15) is 6.04 Å². The van der Waals surface area contributed by atoms with Crippen LogP contribution in [-0.4, -0.2) is 65.7 Å². The molecule has 0 aliphatic rings. The first kappa shape index (κ1) is 22.6. The first-order valence-electron chi connectivity index (χ1n) is 8.41. The average Bonchev–Trinajstić information content (AvgIpc) is 2.62. The van der Waals surface area contributed by atoms with Gasteiger partial charge >= 0.3 is 11.9 Å². The highest BCUT2D eigenvalue weighted by Crippen LogP contribution is 2.07. The topological polar surface area (TPSA) is 141 Å². The summed E-state index contributed by atoms with van der Waals surface area (Å²) in [5.74, 6) is -3.55. The molecule has 0 saturated carbocycles. The van der Waals surface area contributed by atoms with Gasteiger partial charge in [-0.3, -0.25) is 9.59 Å². The van der Waals surface area contributed by atoms with E-state index in [1.165, 1.54) is 6.92 Å². The summed E-state index contributed by atoms with van der Waals surface area (Å²) in [5, 5.41) is 19.9. The number of nitrogens with zero attached hydrogens (tertiary/aromatic N) is 1. The number of hydrogen-bond donors (Lipinski definition) is 3. The minimum absolute atomic E-state index is 0.0699. The molecule has 0 bridgehead atoms. The van der Waals surface area contributed by atoms with Crippen molar-refractivity contribution in [1.29, 1.82) is 0 Å². The van der Waals surface area contributed by atoms with Crippen LogP contribution < -0.4 is 5.32 Å². The number of sulfonamides is 1. The van der Waals surface area contributed by atoms with Crippen molar-refractivity contribution in [3.63, 3.8) is 0 Å². The second kappa shape index (κ2) is 10.6. The van der Waals surface area contributed by atoms with Crippen LogP contribution in [0.2, 0.25) is 0 Å². The third-order valence-corrected chi connectivity index (χ3v) is 5.68. The normalized spacial score (nSPS) is 12.5. The zero-order valence-electron chi connectivity index (χ0n) is 15.0. The van der Waals surface area contributed by atoms with Crippen LogP contribution in [0.3, 0.4) is 0 Å². The third-order valence-electron chi connectivity index (χ3n) is 3.85. The fraction of sp³-hybridized carbons (Fsp3) is 0.471. The van der Waals surface area contributed by atoms with Gasteiger partial charge in [-0.05, 0) is 25.3 Å². The smallest absolute Gasteiger partial charge is 0.326 e. The summed E-state index contributed by atoms with van der Waals surface area (Å²) in [6.07, 6.45) is -0.322. The quantitative estimate of drug-likeness (QED) is 0.459. The molecule has 1 aromatic carbocycles. The third kappa shape index (κ3) is 8.18. The Bertz CT molecular complexity index is 750. The predicted molar refractivity (Wildman–Crippen MR) is 97.6 cm³/mol. The molecule has 3 N–H and O–H groups in total. The summed E-state index contributed by atoms with van der Waals surface area (Å²) in [5.41, 5.74) is 0.902. The SMILES string of the molecule is CCS(=O)(=O)N(CCc1ccccc1)CC(=O)NC(CCC(=O)O)C(=O)O. The Morgan fingerprint density at radius 3 is 2.30 bits per heavy atom. The standard InChI is InChI=1S/C17H24N2O7S/c1-2-27(25,26)19(11-10-13-6-4-3-5-7-13)12-15(20)18-14(17(23)24)8-9-16(21)22/h3-7,14H,2,8-12H2,1H3,(H,18,20)(H,21,22)(H,23,24). The summed E-state index contributed by atoms with van der Waals surface area (Å²) in [7, 11) is -3.68. The molecule has 27 heavy (non-hydrogen) atoms. The molecule has 0 spiro atoms. The van der Waals surface area contributed by atoms with E-state index in [9.17, 15) is 22.8 Å². The Morgan fingerprint density at radius 1 is 1.15 bits per heavy atom. The largest absolute Gasteiger partial charge is 0.481 e. The van der Waals surface area contributed by atoms with Gasteiger partial charge in [-0.15, -0.1) is 0 Å². The molecule has 0 aliphatic heterocycles. The van der Waals surface area contributed by atoms with E-state index < -0.39 is 46.9 Å². The Morgan fingerprint density at radius 2 is 1.78 bits per heavy atom. The summed E-state index contributed by atoms with van der Waals surface area (Å²) in [4.78, 5) is 33.9. The molecule has 0 heterocycles. The van der Waals surface area contributed by atoms with Gasteiger partial charge < -0.3 is 15.5 Å². The second-order valence-electron chi connectivity index (χ2n) is 5.86. The fourth-order valence-electron chi connectivity index (χ4n) is 2.32. The number of carbonyl (C=O) groups excluding carboxylic acids is 1. The lowest BCUT2D eigenvalue weighted by Crippen LogP contribution is -2.47. The number of carboxylic acids is 2. The first-order valence-corrected chi connectivity index (χ1v) is 10.0. The molecule has 0 radical (unpaired) electrons. The van der Waals surface area contributed by atoms with E-state index in [1.54, 1.807) is 0 Å². The number of aliphatic carboxylic acids is 2. The van der Waals surface area contributed by atoms with Crippen molar-refractivity contribution < 1.29 is 33.0 Å². The molecule has 0 fully saturated rings. The lowest BCUT2D eigenvalue weighted by molar-refractivity contribution is -0.143. The maximum absolute atomic E-state index is 12.2. The molecular formula is C17H24N2O7S. The van der Waals surface area contributed by atoms with E-state index in [1.807, 2.05) is 30.3 Å². The number of benzene rings is 1. The molecule has 0 aliphatic carbocycles. The maximum Gasteiger partial charge on any atom is 0.326 e. The molecule has 1 aromatic rings. The Hall–Kier alpha value is -2.46. The molecule has 0 aromatic heterocycles. The van der Waals surface area contributed by atoms with Gasteiger partial charge in [0.05, 0.1) is 12.3 Å². The number of nitrogens with one attached hydrogen (secondary N) is 1. The van der Waals surface area contributed by atoms with E-state index in [2.05, 4.69) is 5.32 Å². The first-order chi connectivity index (χ1) is 12.7. The number of carbonyl (C=O) groups is 3. The lowest BCUT2D eigenvalue weighted by atomic mass is 10.1. The summed E-state index contributed by atoms with van der Waals surface area (Å²) in [6.45, 7) is 0.996. The second-order valence-corrected chi connectivity index (χ2v) is 8.12. The van der Waals surface area contributed by atoms with Crippen LogP contribution in [0.5, 0.6) is 0 Å². The Kier molecular flexibility index (Phi) is 8.89. The van der Waals surface area contributed by atoms with Gasteiger partial charge in [0.25, 0.3) is 0 Å². The minimum Gasteiger partial charge on any atom is -0.481 e. The lowest BCUT2D eigenvalue weighted by Gasteiger charge is -2.22. The van der Waals surface area contributed by atoms with E-state index in [4.69, 9.17) is 10.2 Å². The number of rotatable bonds is 12. The highest BCUT2D eigenvalue weighted by Gasteiger charge is 2.26. The van der Waals surface area contributed by atoms with E-state index in [0.717, 1.165) is 9.87 Å². The van der Waals surface area contributed by atoms with Gasteiger partial charge in [-0.1, -0.05) is 30.3 Å². The number of amides is 1. The number of carboxylic acid groups (broad SMARTS) is 2. The monoisotopic (exact) mass is 400 g/mol. The summed E-state index contributed by atoms with van der Waals surface area (Å²) >= 11 is 0. The molecule has 1 unspecified atom stereocenters. The fourth-order valence-corrected chi connectivity index (χ4v) is 3.37. The molecule has 10 heteroatoms. The molecule has 1 amide bonds. The average molecular weight is 400 g/mol. The highest BCUT2D eigenvalue weighted by molar-refractivity contribution is 7.89. The van der Waals surface area contributed by atoms with Crippen molar-refractivity contribution in [1.82, 2.24) is 9.62 Å². The van der Waals surface area contributed by atoms with Crippen molar-refractivity contribution in [2.75, 3.05) is 18.8 Å². The van der Waals surface area contributed by atoms with Crippen LogP contribution >= 0.6 is 0 Å². The van der Waals surface area contributed by atoms with Crippen LogP contribution in [0, 0.1) is 0 Å². The van der Waals surface area contributed by atoms with Crippen LogP contribution in [-0.2, 0) is 30.8 Å². The van der Waals surface area contributed by atoms with Crippen molar-refractivity contribution in [2.45, 2.75) is 32.2 Å². The minimum atomic E-state index is -3.68. The molecule has 9 nitrogen and oxygen atoms in total. The zero-order chi connectivity index (χ0) is 20.4. The molecular weight excluding hydrogens is 376 g/mol. The van der Waals surface area contributed by atoms with Gasteiger partial charge in [-0.2, -0.15) is 4.31 Å². The van der Waals surface area contributed by atoms with Crippen LogP contribution in [0.4, 0.5) is 0 Å². The van der Waals surface area contributed by atoms with Gasteiger partial charge in [0, 0.05) is 13.0 Å². The molecule has 1 rings (SSSR count). The number of hydrogen-bond acceptors (Lipinski definition) is 5. The summed E-state index contributed by atoms with van der Waals surface area (Å²) < 4.78 is 25.5. The van der Waals surface area contributed by atoms with E-state index in [0.29, 0.717) is 6.42 Å². The van der Waals surface area contributed by atoms with Gasteiger partial charge in [0.2, 0.25) is 15.9 Å². The molecule has 150 valence electrons. The van der Waals surface area contributed by atoms with Crippen LogP contribution in [0.15, 0.2) is 30.3 Å². The zero-order valence-corrected chi connectivity index (χ0v) is 15.8. The van der Waals surface area contributed by atoms with Crippen molar-refractivity contribution in [3.05, 3.63) is 35.9 Å². The Balaban J connectivity index is 2.77. The van der Waals surface area contributed by atoms with Crippen LogP contribution in [0.1, 0.15) is 25.3 Å². The van der Waals surface area contributed by atoms with Gasteiger partial charge in [0.15, 0.2) is 0 Å². The predicted octanol–water partition coefficient (Wildman–Crippen LogP) is 0.315. The van der Waals surface area contributed by atoms with Crippen LogP contribution in [0.25, 0.3) is 0 Å².